The monoisotopic (exact) mass is 385 g/mol. The number of rotatable bonds is 2. The highest BCUT2D eigenvalue weighted by Crippen LogP contribution is 2.58. The van der Waals surface area contributed by atoms with Crippen molar-refractivity contribution >= 4 is 6.09 Å². The molecule has 5 unspecified atom stereocenters. The molecule has 1 amide bonds. The largest absolute Gasteiger partial charge is 0.444 e. The Labute approximate surface area is 162 Å². The molecule has 1 saturated carbocycles. The number of likely N-dealkylation sites (tertiary alicyclic amines) is 1. The van der Waals surface area contributed by atoms with Crippen molar-refractivity contribution in [1.82, 2.24) is 4.90 Å². The molecule has 2 saturated heterocycles. The third-order valence-corrected chi connectivity index (χ3v) is 6.20. The molecule has 156 valence electrons. The van der Waals surface area contributed by atoms with Gasteiger partial charge in [-0.15, -0.1) is 0 Å². The predicted octanol–water partition coefficient (Wildman–Crippen LogP) is 2.69. The minimum atomic E-state index is -1.06. The standard InChI is InChI=1S/C20H35NO6/c1-12-19(7,24-8)26-14-13(25-12)11-21(16(22)27-17(2,3)4)20(9-10-20)15(14)18(5,6)23/h12-15,23H,9-11H2,1-8H3. The normalized spacial score (nSPS) is 38.5. The van der Waals surface area contributed by atoms with Gasteiger partial charge < -0.3 is 24.1 Å². The highest BCUT2D eigenvalue weighted by molar-refractivity contribution is 5.70. The Morgan fingerprint density at radius 1 is 1.22 bits per heavy atom. The molecular formula is C20H35NO6. The Balaban J connectivity index is 1.96. The summed E-state index contributed by atoms with van der Waals surface area (Å²) in [5, 5.41) is 11.0. The molecule has 1 spiro atoms. The van der Waals surface area contributed by atoms with Crippen molar-refractivity contribution < 1.29 is 28.8 Å². The molecule has 0 aromatic heterocycles. The van der Waals surface area contributed by atoms with Crippen molar-refractivity contribution in [3.05, 3.63) is 0 Å². The van der Waals surface area contributed by atoms with Crippen molar-refractivity contribution in [2.24, 2.45) is 5.92 Å². The number of hydrogen-bond acceptors (Lipinski definition) is 6. The molecule has 2 aliphatic heterocycles. The molecule has 7 heteroatoms. The second kappa shape index (κ2) is 6.31. The van der Waals surface area contributed by atoms with Crippen LogP contribution in [0.4, 0.5) is 4.79 Å². The van der Waals surface area contributed by atoms with Gasteiger partial charge in [-0.3, -0.25) is 4.90 Å². The number of carbonyl (C=O) groups is 1. The van der Waals surface area contributed by atoms with Crippen LogP contribution in [0.3, 0.4) is 0 Å². The molecule has 3 fully saturated rings. The maximum absolute atomic E-state index is 13.0. The molecule has 2 heterocycles. The van der Waals surface area contributed by atoms with E-state index in [0.29, 0.717) is 6.54 Å². The molecule has 3 rings (SSSR count). The predicted molar refractivity (Wildman–Crippen MR) is 99.3 cm³/mol. The SMILES string of the molecule is COC1(C)OC2C(CN(C(=O)OC(C)(C)C)C3(CC3)C2C(C)(C)O)OC1C. The van der Waals surface area contributed by atoms with Gasteiger partial charge in [0.25, 0.3) is 0 Å². The number of fused-ring (bicyclic) bond motifs is 1. The van der Waals surface area contributed by atoms with Crippen LogP contribution in [0.25, 0.3) is 0 Å². The van der Waals surface area contributed by atoms with Gasteiger partial charge in [0, 0.05) is 13.0 Å². The van der Waals surface area contributed by atoms with Crippen LogP contribution in [0.2, 0.25) is 0 Å². The number of ether oxygens (including phenoxy) is 4. The van der Waals surface area contributed by atoms with E-state index in [1.807, 2.05) is 34.6 Å². The summed E-state index contributed by atoms with van der Waals surface area (Å²) in [6.07, 6.45) is 0.245. The fraction of sp³-hybridized carbons (Fsp3) is 0.950. The molecule has 0 aromatic rings. The summed E-state index contributed by atoms with van der Waals surface area (Å²) in [6.45, 7) is 13.3. The Bertz CT molecular complexity index is 590. The van der Waals surface area contributed by atoms with Crippen molar-refractivity contribution in [2.75, 3.05) is 13.7 Å². The summed E-state index contributed by atoms with van der Waals surface area (Å²) < 4.78 is 23.9. The Hall–Kier alpha value is -0.890. The van der Waals surface area contributed by atoms with Gasteiger partial charge in [-0.25, -0.2) is 4.79 Å². The summed E-state index contributed by atoms with van der Waals surface area (Å²) in [7, 11) is 1.60. The molecular weight excluding hydrogens is 350 g/mol. The van der Waals surface area contributed by atoms with Gasteiger partial charge in [-0.1, -0.05) is 0 Å². The number of methoxy groups -OCH3 is 1. The summed E-state index contributed by atoms with van der Waals surface area (Å²) in [5.74, 6) is -1.20. The van der Waals surface area contributed by atoms with Gasteiger partial charge in [-0.2, -0.15) is 0 Å². The second-order valence-electron chi connectivity index (χ2n) is 9.95. The van der Waals surface area contributed by atoms with Crippen molar-refractivity contribution in [3.63, 3.8) is 0 Å². The third-order valence-electron chi connectivity index (χ3n) is 6.20. The minimum Gasteiger partial charge on any atom is -0.444 e. The lowest BCUT2D eigenvalue weighted by atomic mass is 9.72. The summed E-state index contributed by atoms with van der Waals surface area (Å²) >= 11 is 0. The van der Waals surface area contributed by atoms with Gasteiger partial charge in [0.05, 0.1) is 23.8 Å². The van der Waals surface area contributed by atoms with E-state index in [-0.39, 0.29) is 30.3 Å². The van der Waals surface area contributed by atoms with E-state index in [4.69, 9.17) is 18.9 Å². The second-order valence-corrected chi connectivity index (χ2v) is 9.95. The topological polar surface area (TPSA) is 77.5 Å². The third kappa shape index (κ3) is 3.59. The van der Waals surface area contributed by atoms with Crippen LogP contribution in [0.5, 0.6) is 0 Å². The smallest absolute Gasteiger partial charge is 0.410 e. The first-order chi connectivity index (χ1) is 12.2. The van der Waals surface area contributed by atoms with E-state index < -0.39 is 22.5 Å². The van der Waals surface area contributed by atoms with Gasteiger partial charge in [0.2, 0.25) is 0 Å². The molecule has 0 bridgehead atoms. The summed E-state index contributed by atoms with van der Waals surface area (Å²) in [5.41, 5.74) is -2.11. The molecule has 3 aliphatic rings. The van der Waals surface area contributed by atoms with E-state index >= 15 is 0 Å². The lowest BCUT2D eigenvalue weighted by Crippen LogP contribution is -2.72. The Kier molecular flexibility index (Phi) is 4.87. The average molecular weight is 386 g/mol. The Morgan fingerprint density at radius 2 is 1.81 bits per heavy atom. The van der Waals surface area contributed by atoms with Gasteiger partial charge in [-0.05, 0) is 61.3 Å². The number of nitrogens with zero attached hydrogens (tertiary/aromatic N) is 1. The molecule has 1 N–H and O–H groups in total. The fourth-order valence-corrected chi connectivity index (χ4v) is 4.73. The molecule has 1 aliphatic carbocycles. The zero-order valence-corrected chi connectivity index (χ0v) is 17.9. The van der Waals surface area contributed by atoms with Crippen LogP contribution < -0.4 is 0 Å². The van der Waals surface area contributed by atoms with Crippen LogP contribution in [0.15, 0.2) is 0 Å². The zero-order chi connectivity index (χ0) is 20.4. The first-order valence-corrected chi connectivity index (χ1v) is 9.85. The summed E-state index contributed by atoms with van der Waals surface area (Å²) in [4.78, 5) is 14.8. The first-order valence-electron chi connectivity index (χ1n) is 9.85. The van der Waals surface area contributed by atoms with Crippen LogP contribution in [0, 0.1) is 5.92 Å². The highest BCUT2D eigenvalue weighted by Gasteiger charge is 2.69. The van der Waals surface area contributed by atoms with E-state index in [1.165, 1.54) is 0 Å². The van der Waals surface area contributed by atoms with Crippen LogP contribution in [-0.4, -0.2) is 70.6 Å². The maximum atomic E-state index is 13.0. The van der Waals surface area contributed by atoms with Crippen molar-refractivity contribution in [1.29, 1.82) is 0 Å². The Morgan fingerprint density at radius 3 is 2.26 bits per heavy atom. The highest BCUT2D eigenvalue weighted by atomic mass is 16.7. The van der Waals surface area contributed by atoms with Gasteiger partial charge in [0.15, 0.2) is 5.79 Å². The van der Waals surface area contributed by atoms with E-state index in [0.717, 1.165) is 12.8 Å². The molecule has 27 heavy (non-hydrogen) atoms. The van der Waals surface area contributed by atoms with Crippen LogP contribution >= 0.6 is 0 Å². The van der Waals surface area contributed by atoms with Gasteiger partial charge >= 0.3 is 6.09 Å². The van der Waals surface area contributed by atoms with E-state index in [9.17, 15) is 9.90 Å². The number of amides is 1. The number of carbonyl (C=O) groups excluding carboxylic acids is 1. The van der Waals surface area contributed by atoms with Crippen LogP contribution in [0.1, 0.15) is 61.3 Å². The van der Waals surface area contributed by atoms with Crippen LogP contribution in [-0.2, 0) is 18.9 Å². The average Bonchev–Trinajstić information content (AvgIpc) is 3.26. The zero-order valence-electron chi connectivity index (χ0n) is 17.9. The quantitative estimate of drug-likeness (QED) is 0.787. The number of hydrogen-bond donors (Lipinski definition) is 1. The number of aliphatic hydroxyl groups is 1. The lowest BCUT2D eigenvalue weighted by molar-refractivity contribution is -0.373. The number of piperidine rings is 1. The maximum Gasteiger partial charge on any atom is 0.410 e. The molecule has 5 atom stereocenters. The summed E-state index contributed by atoms with van der Waals surface area (Å²) in [6, 6.07) is 0. The van der Waals surface area contributed by atoms with E-state index in [2.05, 4.69) is 0 Å². The van der Waals surface area contributed by atoms with Crippen molar-refractivity contribution in [3.8, 4) is 0 Å². The van der Waals surface area contributed by atoms with Gasteiger partial charge in [0.1, 0.15) is 17.8 Å². The minimum absolute atomic E-state index is 0.306. The van der Waals surface area contributed by atoms with E-state index in [1.54, 1.807) is 25.9 Å². The first kappa shape index (κ1) is 20.8. The molecule has 7 nitrogen and oxygen atoms in total. The van der Waals surface area contributed by atoms with Crippen molar-refractivity contribution in [2.45, 2.75) is 102 Å². The molecule has 0 radical (unpaired) electrons. The fourth-order valence-electron chi connectivity index (χ4n) is 4.73. The molecule has 0 aromatic carbocycles. The lowest BCUT2D eigenvalue weighted by Gasteiger charge is -2.58.